The van der Waals surface area contributed by atoms with Crippen LogP contribution in [0.3, 0.4) is 0 Å². The van der Waals surface area contributed by atoms with Gasteiger partial charge in [-0.25, -0.2) is 5.06 Å². The summed E-state index contributed by atoms with van der Waals surface area (Å²) in [5.74, 6) is -0.429. The first-order valence-corrected chi connectivity index (χ1v) is 9.60. The normalized spacial score (nSPS) is 18.4. The Kier molecular flexibility index (Phi) is 6.73. The van der Waals surface area contributed by atoms with Crippen LogP contribution in [0.25, 0.3) is 0 Å². The molecule has 1 amide bonds. The Labute approximate surface area is 168 Å². The number of hydrogen-bond acceptors (Lipinski definition) is 4. The summed E-state index contributed by atoms with van der Waals surface area (Å²) in [6.07, 6.45) is 0.351. The van der Waals surface area contributed by atoms with Crippen molar-refractivity contribution in [1.82, 2.24) is 9.96 Å². The van der Waals surface area contributed by atoms with Gasteiger partial charge in [0.05, 0.1) is 28.6 Å². The number of nitrogens with zero attached hydrogens (tertiary/aromatic N) is 2. The number of carbonyl (C=O) groups excluding carboxylic acids is 1. The molecule has 5 nitrogen and oxygen atoms in total. The van der Waals surface area contributed by atoms with Gasteiger partial charge < -0.3 is 5.11 Å². The van der Waals surface area contributed by atoms with Crippen molar-refractivity contribution in [3.05, 3.63) is 69.7 Å². The van der Waals surface area contributed by atoms with Crippen molar-refractivity contribution >= 4 is 29.1 Å². The number of benzene rings is 2. The van der Waals surface area contributed by atoms with Gasteiger partial charge in [-0.3, -0.25) is 14.9 Å². The van der Waals surface area contributed by atoms with E-state index >= 15 is 0 Å². The quantitative estimate of drug-likeness (QED) is 0.566. The van der Waals surface area contributed by atoms with Crippen LogP contribution in [0.4, 0.5) is 0 Å². The first-order chi connectivity index (χ1) is 12.9. The van der Waals surface area contributed by atoms with Gasteiger partial charge in [0.1, 0.15) is 0 Å². The van der Waals surface area contributed by atoms with Crippen LogP contribution in [0.15, 0.2) is 48.5 Å². The van der Waals surface area contributed by atoms with Crippen molar-refractivity contribution < 1.29 is 15.1 Å². The van der Waals surface area contributed by atoms with Gasteiger partial charge in [0.15, 0.2) is 0 Å². The Hall–Kier alpha value is -1.63. The summed E-state index contributed by atoms with van der Waals surface area (Å²) < 4.78 is 0. The maximum atomic E-state index is 12.7. The highest BCUT2D eigenvalue weighted by Gasteiger charge is 2.29. The molecule has 3 rings (SSSR count). The summed E-state index contributed by atoms with van der Waals surface area (Å²) in [6, 6.07) is 13.9. The number of β-amino-alcohol motifs (C(OH)–C–C–N with tert-alkyl or cyclic N) is 1. The van der Waals surface area contributed by atoms with Crippen LogP contribution in [0.2, 0.25) is 10.0 Å². The molecule has 0 radical (unpaired) electrons. The van der Waals surface area contributed by atoms with Crippen molar-refractivity contribution in [3.63, 3.8) is 0 Å². The third-order valence-corrected chi connectivity index (χ3v) is 5.49. The summed E-state index contributed by atoms with van der Waals surface area (Å²) in [4.78, 5) is 14.7. The van der Waals surface area contributed by atoms with E-state index in [9.17, 15) is 15.1 Å². The zero-order chi connectivity index (χ0) is 19.4. The van der Waals surface area contributed by atoms with Crippen LogP contribution in [0, 0.1) is 0 Å². The van der Waals surface area contributed by atoms with Crippen molar-refractivity contribution in [2.75, 3.05) is 19.6 Å². The number of aliphatic hydroxyl groups excluding tert-OH is 1. The van der Waals surface area contributed by atoms with E-state index in [4.69, 9.17) is 23.2 Å². The van der Waals surface area contributed by atoms with E-state index in [0.29, 0.717) is 35.1 Å². The van der Waals surface area contributed by atoms with E-state index in [0.717, 1.165) is 17.2 Å². The fraction of sp³-hybridized carbons (Fsp3) is 0.350. The molecule has 0 bridgehead atoms. The van der Waals surface area contributed by atoms with E-state index < -0.39 is 11.9 Å². The molecule has 2 aromatic carbocycles. The van der Waals surface area contributed by atoms with Gasteiger partial charge >= 0.3 is 0 Å². The number of hydroxylamine groups is 2. The lowest BCUT2D eigenvalue weighted by atomic mass is 10.0. The number of halogens is 2. The van der Waals surface area contributed by atoms with Crippen LogP contribution < -0.4 is 0 Å². The first kappa shape index (κ1) is 20.1. The molecule has 27 heavy (non-hydrogen) atoms. The van der Waals surface area contributed by atoms with Gasteiger partial charge in [0.25, 0.3) is 5.91 Å². The predicted molar refractivity (Wildman–Crippen MR) is 105 cm³/mol. The van der Waals surface area contributed by atoms with Crippen molar-refractivity contribution in [1.29, 1.82) is 0 Å². The molecule has 7 heteroatoms. The Morgan fingerprint density at radius 1 is 1.19 bits per heavy atom. The molecule has 1 fully saturated rings. The lowest BCUT2D eigenvalue weighted by Gasteiger charge is -2.30. The van der Waals surface area contributed by atoms with Gasteiger partial charge in [-0.1, -0.05) is 59.6 Å². The molecule has 0 unspecified atom stereocenters. The Balaban J connectivity index is 1.75. The topological polar surface area (TPSA) is 64.0 Å². The zero-order valence-corrected chi connectivity index (χ0v) is 16.3. The van der Waals surface area contributed by atoms with Crippen molar-refractivity contribution in [2.24, 2.45) is 0 Å². The smallest absolute Gasteiger partial charge is 0.250 e. The second kappa shape index (κ2) is 9.04. The summed E-state index contributed by atoms with van der Waals surface area (Å²) in [5.41, 5.74) is 1.51. The van der Waals surface area contributed by atoms with Crippen molar-refractivity contribution in [2.45, 2.75) is 25.0 Å². The van der Waals surface area contributed by atoms with Gasteiger partial charge in [0.2, 0.25) is 0 Å². The second-order valence-corrected chi connectivity index (χ2v) is 7.61. The van der Waals surface area contributed by atoms with Crippen LogP contribution in [0.1, 0.15) is 23.6 Å². The molecule has 0 saturated carbocycles. The highest BCUT2D eigenvalue weighted by atomic mass is 35.5. The molecule has 0 spiro atoms. The predicted octanol–water partition coefficient (Wildman–Crippen LogP) is 3.56. The third kappa shape index (κ3) is 5.21. The molecule has 1 heterocycles. The van der Waals surface area contributed by atoms with Gasteiger partial charge in [-0.2, -0.15) is 0 Å². The molecular weight excluding hydrogens is 387 g/mol. The molecule has 2 N–H and O–H groups in total. The summed E-state index contributed by atoms with van der Waals surface area (Å²) in [7, 11) is 0. The zero-order valence-electron chi connectivity index (χ0n) is 14.8. The Morgan fingerprint density at radius 2 is 1.93 bits per heavy atom. The minimum absolute atomic E-state index is 0.0132. The van der Waals surface area contributed by atoms with Crippen LogP contribution >= 0.6 is 23.2 Å². The number of rotatable bonds is 6. The van der Waals surface area contributed by atoms with Crippen molar-refractivity contribution in [3.8, 4) is 0 Å². The molecule has 2 atom stereocenters. The molecular formula is C20H22Cl2N2O3. The fourth-order valence-electron chi connectivity index (χ4n) is 3.30. The summed E-state index contributed by atoms with van der Waals surface area (Å²) in [6.45, 7) is 1.72. The largest absolute Gasteiger partial charge is 0.392 e. The first-order valence-electron chi connectivity index (χ1n) is 8.84. The standard InChI is InChI=1S/C20H22Cl2N2O3/c21-17-7-6-14(10-18(17)22)11-20(26)24(27)19(15-4-2-1-3-5-15)13-23-9-8-16(25)12-23/h1-7,10,16,19,25,27H,8-9,11-13H2/t16-,19+/m1/s1. The number of likely N-dealkylation sites (tertiary alicyclic amines) is 1. The second-order valence-electron chi connectivity index (χ2n) is 6.79. The van der Waals surface area contributed by atoms with E-state index in [2.05, 4.69) is 4.90 Å². The maximum absolute atomic E-state index is 12.7. The minimum atomic E-state index is -0.522. The monoisotopic (exact) mass is 408 g/mol. The average molecular weight is 409 g/mol. The van der Waals surface area contributed by atoms with E-state index in [1.54, 1.807) is 18.2 Å². The van der Waals surface area contributed by atoms with Crippen LogP contribution in [-0.2, 0) is 11.2 Å². The number of amides is 1. The SMILES string of the molecule is O=C(Cc1ccc(Cl)c(Cl)c1)N(O)[C@@H](CN1CC[C@@H](O)C1)c1ccccc1. The highest BCUT2D eigenvalue weighted by Crippen LogP contribution is 2.26. The van der Waals surface area contributed by atoms with Gasteiger partial charge in [0, 0.05) is 19.6 Å². The molecule has 1 aliphatic rings. The molecule has 0 aliphatic carbocycles. The van der Waals surface area contributed by atoms with E-state index in [1.807, 2.05) is 30.3 Å². The van der Waals surface area contributed by atoms with E-state index in [-0.39, 0.29) is 12.5 Å². The summed E-state index contributed by atoms with van der Waals surface area (Å²) >= 11 is 11.9. The molecule has 1 aliphatic heterocycles. The molecule has 2 aromatic rings. The maximum Gasteiger partial charge on any atom is 0.250 e. The lowest BCUT2D eigenvalue weighted by Crippen LogP contribution is -2.40. The number of carbonyl (C=O) groups is 1. The Morgan fingerprint density at radius 3 is 2.56 bits per heavy atom. The van der Waals surface area contributed by atoms with E-state index in [1.165, 1.54) is 0 Å². The number of hydrogen-bond donors (Lipinski definition) is 2. The summed E-state index contributed by atoms with van der Waals surface area (Å²) in [5, 5.41) is 22.0. The lowest BCUT2D eigenvalue weighted by molar-refractivity contribution is -0.177. The molecule has 1 saturated heterocycles. The van der Waals surface area contributed by atoms with Crippen LogP contribution in [-0.4, -0.2) is 51.9 Å². The van der Waals surface area contributed by atoms with Gasteiger partial charge in [-0.05, 0) is 29.7 Å². The number of aliphatic hydroxyl groups is 1. The minimum Gasteiger partial charge on any atom is -0.392 e. The average Bonchev–Trinajstić information content (AvgIpc) is 3.08. The highest BCUT2D eigenvalue weighted by molar-refractivity contribution is 6.42. The fourth-order valence-corrected chi connectivity index (χ4v) is 3.62. The third-order valence-electron chi connectivity index (χ3n) is 4.75. The Bertz CT molecular complexity index is 788. The molecule has 144 valence electrons. The molecule has 0 aromatic heterocycles. The van der Waals surface area contributed by atoms with Gasteiger partial charge in [-0.15, -0.1) is 0 Å². The van der Waals surface area contributed by atoms with Crippen LogP contribution in [0.5, 0.6) is 0 Å².